The minimum atomic E-state index is 0.183. The van der Waals surface area contributed by atoms with Gasteiger partial charge in [0.05, 0.1) is 0 Å². The highest BCUT2D eigenvalue weighted by molar-refractivity contribution is 5.80. The molecule has 4 rings (SSSR count). The quantitative estimate of drug-likeness (QED) is 0.830. The van der Waals surface area contributed by atoms with Gasteiger partial charge in [0.15, 0.2) is 0 Å². The lowest BCUT2D eigenvalue weighted by Gasteiger charge is -2.43. The predicted octanol–water partition coefficient (Wildman–Crippen LogP) is 3.41. The van der Waals surface area contributed by atoms with Gasteiger partial charge in [-0.05, 0) is 38.3 Å². The van der Waals surface area contributed by atoms with Gasteiger partial charge in [0.2, 0.25) is 11.8 Å². The zero-order chi connectivity index (χ0) is 18.8. The van der Waals surface area contributed by atoms with Crippen molar-refractivity contribution < 1.29 is 9.53 Å². The van der Waals surface area contributed by atoms with Crippen molar-refractivity contribution in [1.82, 2.24) is 14.9 Å². The molecule has 1 aromatic heterocycles. The van der Waals surface area contributed by atoms with E-state index in [1.54, 1.807) is 6.33 Å². The van der Waals surface area contributed by atoms with Crippen LogP contribution in [-0.2, 0) is 4.79 Å². The Bertz CT molecular complexity index is 821. The molecule has 1 aliphatic heterocycles. The summed E-state index contributed by atoms with van der Waals surface area (Å²) in [5.74, 6) is 2.77. The van der Waals surface area contributed by atoms with Crippen LogP contribution in [-0.4, -0.2) is 46.5 Å². The minimum absolute atomic E-state index is 0.183. The van der Waals surface area contributed by atoms with Gasteiger partial charge in [-0.25, -0.2) is 9.97 Å². The maximum atomic E-state index is 12.6. The standard InChI is InChI=1S/C21H26N4O2/c1-15-6-3-4-9-18(15)27-20-12-19(22-14-23-20)24-10-11-25(16(2)13-24)21(26)17-7-5-8-17/h3-4,6,9,12,14,16-17H,5,7-8,10-11,13H2,1-2H3/t16-/m0/s1. The Kier molecular flexibility index (Phi) is 4.97. The lowest BCUT2D eigenvalue weighted by atomic mass is 9.84. The number of piperazine rings is 1. The summed E-state index contributed by atoms with van der Waals surface area (Å²) >= 11 is 0. The van der Waals surface area contributed by atoms with Crippen LogP contribution >= 0.6 is 0 Å². The van der Waals surface area contributed by atoms with Crippen LogP contribution in [0, 0.1) is 12.8 Å². The van der Waals surface area contributed by atoms with Gasteiger partial charge in [0.25, 0.3) is 0 Å². The predicted molar refractivity (Wildman–Crippen MR) is 104 cm³/mol. The highest BCUT2D eigenvalue weighted by Crippen LogP contribution is 2.30. The van der Waals surface area contributed by atoms with Gasteiger partial charge in [0.1, 0.15) is 17.9 Å². The highest BCUT2D eigenvalue weighted by Gasteiger charge is 2.34. The molecule has 142 valence electrons. The SMILES string of the molecule is Cc1ccccc1Oc1cc(N2CCN(C(=O)C3CCC3)[C@@H](C)C2)ncn1. The number of rotatable bonds is 4. The molecule has 0 spiro atoms. The van der Waals surface area contributed by atoms with Crippen LogP contribution < -0.4 is 9.64 Å². The van der Waals surface area contributed by atoms with E-state index in [0.717, 1.165) is 49.6 Å². The second-order valence-electron chi connectivity index (χ2n) is 7.54. The number of hydrogen-bond acceptors (Lipinski definition) is 5. The second-order valence-corrected chi connectivity index (χ2v) is 7.54. The molecule has 0 N–H and O–H groups in total. The van der Waals surface area contributed by atoms with Crippen LogP contribution in [0.4, 0.5) is 5.82 Å². The van der Waals surface area contributed by atoms with Gasteiger partial charge in [-0.2, -0.15) is 0 Å². The molecule has 0 radical (unpaired) electrons. The molecule has 6 nitrogen and oxygen atoms in total. The first-order valence-electron chi connectivity index (χ1n) is 9.73. The molecule has 1 atom stereocenters. The Balaban J connectivity index is 1.43. The number of benzene rings is 1. The Morgan fingerprint density at radius 2 is 2.00 bits per heavy atom. The molecule has 1 aliphatic carbocycles. The van der Waals surface area contributed by atoms with Crippen LogP contribution in [0.2, 0.25) is 0 Å². The minimum Gasteiger partial charge on any atom is -0.439 e. The summed E-state index contributed by atoms with van der Waals surface area (Å²) in [5, 5.41) is 0. The van der Waals surface area contributed by atoms with Gasteiger partial charge >= 0.3 is 0 Å². The number of nitrogens with zero attached hydrogens (tertiary/aromatic N) is 4. The summed E-state index contributed by atoms with van der Waals surface area (Å²) in [6.07, 6.45) is 4.84. The van der Waals surface area contributed by atoms with Gasteiger partial charge in [0, 0.05) is 37.7 Å². The number of ether oxygens (including phenoxy) is 1. The highest BCUT2D eigenvalue weighted by atomic mass is 16.5. The first kappa shape index (κ1) is 17.8. The van der Waals surface area contributed by atoms with E-state index >= 15 is 0 Å². The monoisotopic (exact) mass is 366 g/mol. The Morgan fingerprint density at radius 1 is 1.19 bits per heavy atom. The van der Waals surface area contributed by atoms with Crippen molar-refractivity contribution in [2.45, 2.75) is 39.2 Å². The Labute approximate surface area is 160 Å². The number of amides is 1. The maximum absolute atomic E-state index is 12.6. The number of aryl methyl sites for hydroxylation is 1. The zero-order valence-corrected chi connectivity index (χ0v) is 16.0. The molecular formula is C21H26N4O2. The summed E-state index contributed by atoms with van der Waals surface area (Å²) in [7, 11) is 0. The normalized spacial score (nSPS) is 20.3. The van der Waals surface area contributed by atoms with Crippen LogP contribution in [0.25, 0.3) is 0 Å². The molecule has 1 amide bonds. The van der Waals surface area contributed by atoms with Crippen LogP contribution in [0.3, 0.4) is 0 Å². The average Bonchev–Trinajstić information content (AvgIpc) is 2.62. The third-order valence-corrected chi connectivity index (χ3v) is 5.62. The maximum Gasteiger partial charge on any atom is 0.226 e. The van der Waals surface area contributed by atoms with Gasteiger partial charge in [-0.1, -0.05) is 24.6 Å². The smallest absolute Gasteiger partial charge is 0.226 e. The fraction of sp³-hybridized carbons (Fsp3) is 0.476. The van der Waals surface area contributed by atoms with Gasteiger partial charge in [-0.3, -0.25) is 4.79 Å². The first-order chi connectivity index (χ1) is 13.1. The molecular weight excluding hydrogens is 340 g/mol. The van der Waals surface area contributed by atoms with Crippen LogP contribution in [0.5, 0.6) is 11.6 Å². The third-order valence-electron chi connectivity index (χ3n) is 5.62. The summed E-state index contributed by atoms with van der Waals surface area (Å²) in [5.41, 5.74) is 1.06. The molecule has 2 aliphatic rings. The van der Waals surface area contributed by atoms with Crippen molar-refractivity contribution in [3.8, 4) is 11.6 Å². The van der Waals surface area contributed by atoms with Crippen molar-refractivity contribution in [3.05, 3.63) is 42.2 Å². The summed E-state index contributed by atoms with van der Waals surface area (Å²) in [6, 6.07) is 9.94. The fourth-order valence-corrected chi connectivity index (χ4v) is 3.73. The van der Waals surface area contributed by atoms with Crippen molar-refractivity contribution in [1.29, 1.82) is 0 Å². The van der Waals surface area contributed by atoms with Crippen LogP contribution in [0.15, 0.2) is 36.7 Å². The largest absolute Gasteiger partial charge is 0.439 e. The fourth-order valence-electron chi connectivity index (χ4n) is 3.73. The van der Waals surface area contributed by atoms with Crippen molar-refractivity contribution in [2.75, 3.05) is 24.5 Å². The molecule has 2 fully saturated rings. The molecule has 27 heavy (non-hydrogen) atoms. The molecule has 1 saturated heterocycles. The number of aromatic nitrogens is 2. The van der Waals surface area contributed by atoms with E-state index in [1.165, 1.54) is 6.42 Å². The zero-order valence-electron chi connectivity index (χ0n) is 16.0. The number of hydrogen-bond donors (Lipinski definition) is 0. The lowest BCUT2D eigenvalue weighted by molar-refractivity contribution is -0.140. The van der Waals surface area contributed by atoms with E-state index in [9.17, 15) is 4.79 Å². The number of para-hydroxylation sites is 1. The second kappa shape index (κ2) is 7.55. The lowest BCUT2D eigenvalue weighted by Crippen LogP contribution is -2.56. The molecule has 0 unspecified atom stereocenters. The molecule has 6 heteroatoms. The average molecular weight is 366 g/mol. The first-order valence-corrected chi connectivity index (χ1v) is 9.73. The number of anilines is 1. The molecule has 2 aromatic rings. The van der Waals surface area contributed by atoms with E-state index in [-0.39, 0.29) is 12.0 Å². The van der Waals surface area contributed by atoms with E-state index in [2.05, 4.69) is 21.8 Å². The summed E-state index contributed by atoms with van der Waals surface area (Å²) < 4.78 is 5.94. The van der Waals surface area contributed by atoms with Crippen molar-refractivity contribution >= 4 is 11.7 Å². The summed E-state index contributed by atoms with van der Waals surface area (Å²) in [4.78, 5) is 25.5. The summed E-state index contributed by atoms with van der Waals surface area (Å²) in [6.45, 7) is 6.43. The van der Waals surface area contributed by atoms with E-state index < -0.39 is 0 Å². The number of carbonyl (C=O) groups is 1. The molecule has 1 aromatic carbocycles. The van der Waals surface area contributed by atoms with E-state index in [4.69, 9.17) is 4.74 Å². The molecule has 2 heterocycles. The van der Waals surface area contributed by atoms with E-state index in [0.29, 0.717) is 11.8 Å². The Hall–Kier alpha value is -2.63. The number of carbonyl (C=O) groups excluding carboxylic acids is 1. The molecule has 1 saturated carbocycles. The third kappa shape index (κ3) is 3.75. The Morgan fingerprint density at radius 3 is 2.70 bits per heavy atom. The topological polar surface area (TPSA) is 58.6 Å². The van der Waals surface area contributed by atoms with Crippen molar-refractivity contribution in [3.63, 3.8) is 0 Å². The van der Waals surface area contributed by atoms with Gasteiger partial charge in [-0.15, -0.1) is 0 Å². The van der Waals surface area contributed by atoms with Crippen LogP contribution in [0.1, 0.15) is 31.7 Å². The molecule has 0 bridgehead atoms. The van der Waals surface area contributed by atoms with Gasteiger partial charge < -0.3 is 14.5 Å². The van der Waals surface area contributed by atoms with E-state index in [1.807, 2.05) is 42.2 Å². The van der Waals surface area contributed by atoms with Crippen molar-refractivity contribution in [2.24, 2.45) is 5.92 Å².